The molecular weight excluding hydrogens is 224 g/mol. The van der Waals surface area contributed by atoms with Gasteiger partial charge in [0.1, 0.15) is 0 Å². The van der Waals surface area contributed by atoms with E-state index in [0.717, 1.165) is 5.56 Å². The summed E-state index contributed by atoms with van der Waals surface area (Å²) >= 11 is 5.86. The van der Waals surface area contributed by atoms with Crippen molar-refractivity contribution in [3.63, 3.8) is 0 Å². The van der Waals surface area contributed by atoms with Gasteiger partial charge in [0.15, 0.2) is 0 Å². The number of nitrogens with one attached hydrogen (secondary N) is 1. The summed E-state index contributed by atoms with van der Waals surface area (Å²) < 4.78 is 0. The molecular formula is C12H13ClN2O. The van der Waals surface area contributed by atoms with Gasteiger partial charge >= 0.3 is 0 Å². The average Bonchev–Trinajstić information content (AvgIpc) is 2.16. The molecule has 1 aromatic carbocycles. The smallest absolute Gasteiger partial charge is 0.251 e. The number of amides is 1. The first-order valence-corrected chi connectivity index (χ1v) is 5.35. The zero-order valence-electron chi connectivity index (χ0n) is 9.25. The van der Waals surface area contributed by atoms with Crippen molar-refractivity contribution in [2.45, 2.75) is 26.3 Å². The third-order valence-corrected chi connectivity index (χ3v) is 2.30. The van der Waals surface area contributed by atoms with Gasteiger partial charge in [0, 0.05) is 16.6 Å². The van der Waals surface area contributed by atoms with E-state index < -0.39 is 0 Å². The normalized spacial score (nSPS) is 11.6. The van der Waals surface area contributed by atoms with Crippen LogP contribution >= 0.6 is 11.6 Å². The van der Waals surface area contributed by atoms with E-state index in [2.05, 4.69) is 5.32 Å². The summed E-state index contributed by atoms with van der Waals surface area (Å²) in [5.74, 6) is -0.201. The van der Waals surface area contributed by atoms with Gasteiger partial charge in [-0.2, -0.15) is 5.26 Å². The van der Waals surface area contributed by atoms with E-state index in [9.17, 15) is 4.79 Å². The van der Waals surface area contributed by atoms with Crippen LogP contribution in [0.3, 0.4) is 0 Å². The van der Waals surface area contributed by atoms with Gasteiger partial charge < -0.3 is 5.32 Å². The third-order valence-electron chi connectivity index (χ3n) is 2.08. The van der Waals surface area contributed by atoms with E-state index in [1.165, 1.54) is 0 Å². The molecule has 1 rings (SSSR count). The summed E-state index contributed by atoms with van der Waals surface area (Å²) in [7, 11) is 0. The lowest BCUT2D eigenvalue weighted by Crippen LogP contribution is -2.32. The van der Waals surface area contributed by atoms with Crippen LogP contribution < -0.4 is 5.32 Å². The fourth-order valence-corrected chi connectivity index (χ4v) is 1.65. The second-order valence-electron chi connectivity index (χ2n) is 3.75. The van der Waals surface area contributed by atoms with Gasteiger partial charge in [-0.05, 0) is 37.6 Å². The Kier molecular flexibility index (Phi) is 4.33. The van der Waals surface area contributed by atoms with Crippen molar-refractivity contribution in [1.29, 1.82) is 5.26 Å². The second-order valence-corrected chi connectivity index (χ2v) is 4.19. The summed E-state index contributed by atoms with van der Waals surface area (Å²) in [6.45, 7) is 3.67. The highest BCUT2D eigenvalue weighted by Gasteiger charge is 2.10. The number of carbonyl (C=O) groups is 1. The maximum absolute atomic E-state index is 11.8. The minimum Gasteiger partial charge on any atom is -0.349 e. The van der Waals surface area contributed by atoms with Gasteiger partial charge in [-0.1, -0.05) is 11.6 Å². The van der Waals surface area contributed by atoms with E-state index in [1.807, 2.05) is 13.0 Å². The van der Waals surface area contributed by atoms with E-state index >= 15 is 0 Å². The van der Waals surface area contributed by atoms with E-state index in [4.69, 9.17) is 16.9 Å². The summed E-state index contributed by atoms with van der Waals surface area (Å²) in [5, 5.41) is 11.8. The van der Waals surface area contributed by atoms with Crippen molar-refractivity contribution in [2.24, 2.45) is 0 Å². The van der Waals surface area contributed by atoms with Crippen molar-refractivity contribution >= 4 is 17.5 Å². The zero-order chi connectivity index (χ0) is 12.1. The van der Waals surface area contributed by atoms with E-state index in [1.54, 1.807) is 25.1 Å². The summed E-state index contributed by atoms with van der Waals surface area (Å²) in [6, 6.07) is 7.02. The van der Waals surface area contributed by atoms with Crippen LogP contribution in [0.15, 0.2) is 18.2 Å². The first-order valence-electron chi connectivity index (χ1n) is 4.98. The Morgan fingerprint density at radius 3 is 2.81 bits per heavy atom. The minimum atomic E-state index is -0.201. The Morgan fingerprint density at radius 1 is 1.56 bits per heavy atom. The molecule has 0 aliphatic heterocycles. The van der Waals surface area contributed by atoms with E-state index in [0.29, 0.717) is 17.0 Å². The number of hydrogen-bond acceptors (Lipinski definition) is 2. The molecule has 1 atom stereocenters. The predicted octanol–water partition coefficient (Wildman–Crippen LogP) is 2.68. The first-order chi connectivity index (χ1) is 7.52. The standard InChI is InChI=1S/C12H13ClN2O/c1-8-5-10(7-11(13)6-8)12(16)15-9(2)3-4-14/h5-7,9H,3H2,1-2H3,(H,15,16). The Hall–Kier alpha value is -1.53. The Morgan fingerprint density at radius 2 is 2.25 bits per heavy atom. The molecule has 0 bridgehead atoms. The lowest BCUT2D eigenvalue weighted by molar-refractivity contribution is 0.0940. The lowest BCUT2D eigenvalue weighted by Gasteiger charge is -2.10. The monoisotopic (exact) mass is 236 g/mol. The average molecular weight is 237 g/mol. The molecule has 1 aromatic rings. The number of carbonyl (C=O) groups excluding carboxylic acids is 1. The highest BCUT2D eigenvalue weighted by molar-refractivity contribution is 6.31. The number of rotatable bonds is 3. The molecule has 0 aliphatic carbocycles. The van der Waals surface area contributed by atoms with Crippen LogP contribution in [0.5, 0.6) is 0 Å². The van der Waals surface area contributed by atoms with Crippen LogP contribution in [-0.4, -0.2) is 11.9 Å². The Bertz CT molecular complexity index is 417. The molecule has 1 unspecified atom stereocenters. The number of halogens is 1. The van der Waals surface area contributed by atoms with Crippen molar-refractivity contribution in [2.75, 3.05) is 0 Å². The molecule has 3 nitrogen and oxygen atoms in total. The van der Waals surface area contributed by atoms with Crippen LogP contribution in [0.4, 0.5) is 0 Å². The van der Waals surface area contributed by atoms with Gasteiger partial charge in [0.2, 0.25) is 0 Å². The largest absolute Gasteiger partial charge is 0.349 e. The number of benzene rings is 1. The summed E-state index contributed by atoms with van der Waals surface area (Å²) in [5.41, 5.74) is 1.46. The topological polar surface area (TPSA) is 52.9 Å². The van der Waals surface area contributed by atoms with Gasteiger partial charge in [0.25, 0.3) is 5.91 Å². The molecule has 84 valence electrons. The highest BCUT2D eigenvalue weighted by Crippen LogP contribution is 2.14. The summed E-state index contributed by atoms with van der Waals surface area (Å²) in [4.78, 5) is 11.8. The Balaban J connectivity index is 2.77. The highest BCUT2D eigenvalue weighted by atomic mass is 35.5. The van der Waals surface area contributed by atoms with Crippen LogP contribution in [0.2, 0.25) is 5.02 Å². The fraction of sp³-hybridized carbons (Fsp3) is 0.333. The van der Waals surface area contributed by atoms with Gasteiger partial charge in [0.05, 0.1) is 12.5 Å². The van der Waals surface area contributed by atoms with Crippen molar-refractivity contribution < 1.29 is 4.79 Å². The molecule has 16 heavy (non-hydrogen) atoms. The summed E-state index contributed by atoms with van der Waals surface area (Å²) in [6.07, 6.45) is 0.297. The van der Waals surface area contributed by atoms with Crippen LogP contribution in [0, 0.1) is 18.3 Å². The van der Waals surface area contributed by atoms with Crippen molar-refractivity contribution in [1.82, 2.24) is 5.32 Å². The molecule has 0 aromatic heterocycles. The zero-order valence-corrected chi connectivity index (χ0v) is 10.0. The predicted molar refractivity (Wildman–Crippen MR) is 63.3 cm³/mol. The third kappa shape index (κ3) is 3.56. The minimum absolute atomic E-state index is 0.156. The van der Waals surface area contributed by atoms with E-state index in [-0.39, 0.29) is 11.9 Å². The molecule has 1 amide bonds. The molecule has 0 saturated carbocycles. The van der Waals surface area contributed by atoms with Gasteiger partial charge in [-0.3, -0.25) is 4.79 Å². The van der Waals surface area contributed by atoms with Crippen LogP contribution in [0.25, 0.3) is 0 Å². The quantitative estimate of drug-likeness (QED) is 0.877. The molecule has 0 saturated heterocycles. The number of hydrogen-bond donors (Lipinski definition) is 1. The maximum Gasteiger partial charge on any atom is 0.251 e. The molecule has 0 heterocycles. The van der Waals surface area contributed by atoms with Crippen LogP contribution in [-0.2, 0) is 0 Å². The number of nitrogens with zero attached hydrogens (tertiary/aromatic N) is 1. The second kappa shape index (κ2) is 5.53. The number of aryl methyl sites for hydroxylation is 1. The molecule has 4 heteroatoms. The first kappa shape index (κ1) is 12.5. The molecule has 1 N–H and O–H groups in total. The molecule has 0 aliphatic rings. The SMILES string of the molecule is Cc1cc(Cl)cc(C(=O)NC(C)CC#N)c1. The van der Waals surface area contributed by atoms with Crippen molar-refractivity contribution in [3.8, 4) is 6.07 Å². The molecule has 0 radical (unpaired) electrons. The number of nitriles is 1. The van der Waals surface area contributed by atoms with Crippen LogP contribution in [0.1, 0.15) is 29.3 Å². The van der Waals surface area contributed by atoms with Gasteiger partial charge in [-0.15, -0.1) is 0 Å². The molecule has 0 fully saturated rings. The maximum atomic E-state index is 11.8. The fourth-order valence-electron chi connectivity index (χ4n) is 1.36. The van der Waals surface area contributed by atoms with Gasteiger partial charge in [-0.25, -0.2) is 0 Å². The van der Waals surface area contributed by atoms with Crippen molar-refractivity contribution in [3.05, 3.63) is 34.3 Å². The lowest BCUT2D eigenvalue weighted by atomic mass is 10.1. The Labute approximate surface area is 100 Å². The molecule has 0 spiro atoms.